The predicted octanol–water partition coefficient (Wildman–Crippen LogP) is 2.49. The molecule has 2 aromatic rings. The molecule has 22 heavy (non-hydrogen) atoms. The summed E-state index contributed by atoms with van der Waals surface area (Å²) in [5.41, 5.74) is 1.79. The van der Waals surface area contributed by atoms with E-state index in [2.05, 4.69) is 9.88 Å². The summed E-state index contributed by atoms with van der Waals surface area (Å²) in [5, 5.41) is 0. The number of aromatic nitrogens is 1. The molecule has 1 fully saturated rings. The van der Waals surface area contributed by atoms with Gasteiger partial charge in [0.05, 0.1) is 0 Å². The van der Waals surface area contributed by atoms with Crippen molar-refractivity contribution in [3.05, 3.63) is 30.2 Å². The van der Waals surface area contributed by atoms with Gasteiger partial charge in [-0.2, -0.15) is 0 Å². The summed E-state index contributed by atoms with van der Waals surface area (Å²) < 4.78 is 5.91. The molecule has 0 aliphatic carbocycles. The highest BCUT2D eigenvalue weighted by molar-refractivity contribution is 5.75. The predicted molar refractivity (Wildman–Crippen MR) is 85.7 cm³/mol. The van der Waals surface area contributed by atoms with Gasteiger partial charge in [0.2, 0.25) is 5.91 Å². The zero-order chi connectivity index (χ0) is 15.5. The Morgan fingerprint density at radius 1 is 1.41 bits per heavy atom. The fraction of sp³-hybridized carbons (Fsp3) is 0.529. The minimum atomic E-state index is 0.184. The molecule has 0 radical (unpaired) electrons. The third kappa shape index (κ3) is 3.30. The Labute approximate surface area is 130 Å². The van der Waals surface area contributed by atoms with Crippen LogP contribution in [-0.4, -0.2) is 54.4 Å². The molecule has 1 amide bonds. The highest BCUT2D eigenvalue weighted by atomic mass is 16.3. The minimum Gasteiger partial charge on any atom is -0.440 e. The van der Waals surface area contributed by atoms with Crippen molar-refractivity contribution in [2.75, 3.05) is 33.7 Å². The maximum Gasteiger partial charge on any atom is 0.223 e. The van der Waals surface area contributed by atoms with Crippen LogP contribution in [0.5, 0.6) is 0 Å². The molecule has 0 bridgehead atoms. The molecule has 0 unspecified atom stereocenters. The van der Waals surface area contributed by atoms with Crippen molar-refractivity contribution in [2.45, 2.75) is 25.2 Å². The first-order chi connectivity index (χ1) is 10.6. The van der Waals surface area contributed by atoms with E-state index >= 15 is 0 Å². The van der Waals surface area contributed by atoms with Gasteiger partial charge in [-0.1, -0.05) is 12.1 Å². The number of likely N-dealkylation sites (tertiary alicyclic amines) is 1. The maximum absolute atomic E-state index is 11.7. The van der Waals surface area contributed by atoms with Crippen molar-refractivity contribution >= 4 is 17.0 Å². The minimum absolute atomic E-state index is 0.184. The summed E-state index contributed by atoms with van der Waals surface area (Å²) in [6, 6.07) is 7.90. The molecular formula is C17H23N3O2. The van der Waals surface area contributed by atoms with Crippen molar-refractivity contribution in [3.8, 4) is 0 Å². The van der Waals surface area contributed by atoms with Crippen LogP contribution in [-0.2, 0) is 4.79 Å². The van der Waals surface area contributed by atoms with E-state index in [1.165, 1.54) is 0 Å². The second kappa shape index (κ2) is 6.48. The lowest BCUT2D eigenvalue weighted by Crippen LogP contribution is -2.37. The van der Waals surface area contributed by atoms with Crippen molar-refractivity contribution in [3.63, 3.8) is 0 Å². The van der Waals surface area contributed by atoms with Gasteiger partial charge in [0.15, 0.2) is 11.5 Å². The molecular weight excluding hydrogens is 278 g/mol. The van der Waals surface area contributed by atoms with Crippen molar-refractivity contribution in [2.24, 2.45) is 0 Å². The molecule has 1 aromatic heterocycles. The Hall–Kier alpha value is -1.88. The number of rotatable bonds is 4. The number of amides is 1. The van der Waals surface area contributed by atoms with Crippen molar-refractivity contribution < 1.29 is 9.21 Å². The van der Waals surface area contributed by atoms with Crippen LogP contribution >= 0.6 is 0 Å². The summed E-state index contributed by atoms with van der Waals surface area (Å²) in [7, 11) is 3.61. The average molecular weight is 301 g/mol. The Bertz CT molecular complexity index is 617. The van der Waals surface area contributed by atoms with Crippen LogP contribution in [0.2, 0.25) is 0 Å². The number of fused-ring (bicyclic) bond motifs is 1. The summed E-state index contributed by atoms with van der Waals surface area (Å²) in [6.07, 6.45) is 2.80. The number of nitrogens with zero attached hydrogens (tertiary/aromatic N) is 3. The molecule has 0 spiro atoms. The number of carbonyl (C=O) groups excluding carboxylic acids is 1. The molecule has 3 rings (SSSR count). The van der Waals surface area contributed by atoms with E-state index in [-0.39, 0.29) is 5.91 Å². The topological polar surface area (TPSA) is 49.6 Å². The first-order valence-corrected chi connectivity index (χ1v) is 7.91. The van der Waals surface area contributed by atoms with E-state index in [4.69, 9.17) is 4.42 Å². The zero-order valence-corrected chi connectivity index (χ0v) is 13.3. The second-order valence-electron chi connectivity index (χ2n) is 6.20. The van der Waals surface area contributed by atoms with Gasteiger partial charge in [0.25, 0.3) is 0 Å². The smallest absolute Gasteiger partial charge is 0.223 e. The van der Waals surface area contributed by atoms with Gasteiger partial charge in [-0.15, -0.1) is 0 Å². The first-order valence-electron chi connectivity index (χ1n) is 7.91. The van der Waals surface area contributed by atoms with E-state index in [1.54, 1.807) is 19.0 Å². The molecule has 2 heterocycles. The van der Waals surface area contributed by atoms with E-state index < -0.39 is 0 Å². The summed E-state index contributed by atoms with van der Waals surface area (Å²) >= 11 is 0. The second-order valence-corrected chi connectivity index (χ2v) is 6.20. The van der Waals surface area contributed by atoms with Gasteiger partial charge in [0.1, 0.15) is 5.52 Å². The number of carbonyl (C=O) groups is 1. The Balaban J connectivity index is 1.64. The standard InChI is InChI=1S/C17H23N3O2/c1-19(2)16(21)9-11-20-10-5-6-13(12-20)17-18-14-7-3-4-8-15(14)22-17/h3-4,7-8,13H,5-6,9-12H2,1-2H3/t13-/m0/s1. The summed E-state index contributed by atoms with van der Waals surface area (Å²) in [5.74, 6) is 1.35. The fourth-order valence-corrected chi connectivity index (χ4v) is 3.00. The number of piperidine rings is 1. The number of oxazole rings is 1. The van der Waals surface area contributed by atoms with Gasteiger partial charge >= 0.3 is 0 Å². The van der Waals surface area contributed by atoms with E-state index in [9.17, 15) is 4.79 Å². The molecule has 1 saturated heterocycles. The number of hydrogen-bond donors (Lipinski definition) is 0. The van der Waals surface area contributed by atoms with E-state index in [0.717, 1.165) is 49.5 Å². The molecule has 1 aliphatic rings. The zero-order valence-electron chi connectivity index (χ0n) is 13.3. The van der Waals surface area contributed by atoms with Crippen LogP contribution in [0.25, 0.3) is 11.1 Å². The number of benzene rings is 1. The highest BCUT2D eigenvalue weighted by Gasteiger charge is 2.25. The fourth-order valence-electron chi connectivity index (χ4n) is 3.00. The van der Waals surface area contributed by atoms with Crippen LogP contribution in [0.3, 0.4) is 0 Å². The quantitative estimate of drug-likeness (QED) is 0.870. The van der Waals surface area contributed by atoms with Crippen LogP contribution in [0.1, 0.15) is 31.1 Å². The Morgan fingerprint density at radius 2 is 2.23 bits per heavy atom. The lowest BCUT2D eigenvalue weighted by atomic mass is 9.98. The first kappa shape index (κ1) is 15.0. The third-order valence-corrected chi connectivity index (χ3v) is 4.31. The lowest BCUT2D eigenvalue weighted by molar-refractivity contribution is -0.129. The Morgan fingerprint density at radius 3 is 3.00 bits per heavy atom. The molecule has 1 aliphatic heterocycles. The van der Waals surface area contributed by atoms with Crippen molar-refractivity contribution in [1.29, 1.82) is 0 Å². The SMILES string of the molecule is CN(C)C(=O)CCN1CCC[C@H](c2nc3ccccc3o2)C1. The maximum atomic E-state index is 11.7. The molecule has 5 nitrogen and oxygen atoms in total. The van der Waals surface area contributed by atoms with Gasteiger partial charge in [-0.05, 0) is 31.5 Å². The Kier molecular flexibility index (Phi) is 4.43. The molecule has 118 valence electrons. The van der Waals surface area contributed by atoms with Crippen LogP contribution in [0.15, 0.2) is 28.7 Å². The van der Waals surface area contributed by atoms with Crippen molar-refractivity contribution in [1.82, 2.24) is 14.8 Å². The van der Waals surface area contributed by atoms with Gasteiger partial charge in [-0.3, -0.25) is 4.79 Å². The van der Waals surface area contributed by atoms with Gasteiger partial charge in [-0.25, -0.2) is 4.98 Å². The average Bonchev–Trinajstić information content (AvgIpc) is 2.97. The lowest BCUT2D eigenvalue weighted by Gasteiger charge is -2.31. The highest BCUT2D eigenvalue weighted by Crippen LogP contribution is 2.28. The van der Waals surface area contributed by atoms with Gasteiger partial charge in [0, 0.05) is 39.5 Å². The van der Waals surface area contributed by atoms with Gasteiger partial charge < -0.3 is 14.2 Å². The molecule has 5 heteroatoms. The summed E-state index contributed by atoms with van der Waals surface area (Å²) in [6.45, 7) is 2.79. The molecule has 0 N–H and O–H groups in total. The van der Waals surface area contributed by atoms with Crippen LogP contribution in [0.4, 0.5) is 0 Å². The molecule has 1 atom stereocenters. The van der Waals surface area contributed by atoms with Crippen LogP contribution in [0, 0.1) is 0 Å². The molecule has 1 aromatic carbocycles. The third-order valence-electron chi connectivity index (χ3n) is 4.31. The normalized spacial score (nSPS) is 19.5. The van der Waals surface area contributed by atoms with E-state index in [0.29, 0.717) is 12.3 Å². The monoisotopic (exact) mass is 301 g/mol. The number of hydrogen-bond acceptors (Lipinski definition) is 4. The van der Waals surface area contributed by atoms with E-state index in [1.807, 2.05) is 24.3 Å². The molecule has 0 saturated carbocycles. The summed E-state index contributed by atoms with van der Waals surface area (Å²) in [4.78, 5) is 20.4. The largest absolute Gasteiger partial charge is 0.440 e. The van der Waals surface area contributed by atoms with Crippen LogP contribution < -0.4 is 0 Å². The number of para-hydroxylation sites is 2.